The number of hydrogen-bond acceptors (Lipinski definition) is 3. The van der Waals surface area contributed by atoms with Gasteiger partial charge in [-0.1, -0.05) is 32.3 Å². The van der Waals surface area contributed by atoms with Gasteiger partial charge in [-0.05, 0) is 26.7 Å². The van der Waals surface area contributed by atoms with E-state index in [1.54, 1.807) is 6.92 Å². The Labute approximate surface area is 105 Å². The monoisotopic (exact) mass is 242 g/mol. The van der Waals surface area contributed by atoms with Crippen molar-refractivity contribution in [1.82, 2.24) is 0 Å². The lowest BCUT2D eigenvalue weighted by molar-refractivity contribution is -0.139. The van der Waals surface area contributed by atoms with E-state index in [-0.39, 0.29) is 5.97 Å². The van der Waals surface area contributed by atoms with Gasteiger partial charge in [0, 0.05) is 18.8 Å². The Balaban J connectivity index is 3.08. The molecule has 0 aliphatic carbocycles. The Hall–Kier alpha value is -0.830. The van der Waals surface area contributed by atoms with Crippen LogP contribution in [0.5, 0.6) is 0 Å². The van der Waals surface area contributed by atoms with Gasteiger partial charge in [0.1, 0.15) is 0 Å². The summed E-state index contributed by atoms with van der Waals surface area (Å²) in [4.78, 5) is 11.0. The van der Waals surface area contributed by atoms with E-state index < -0.39 is 0 Å². The number of ether oxygens (including phenoxy) is 2. The summed E-state index contributed by atoms with van der Waals surface area (Å²) in [5.74, 6) is -0.276. The van der Waals surface area contributed by atoms with Crippen molar-refractivity contribution in [3.8, 4) is 0 Å². The van der Waals surface area contributed by atoms with Crippen LogP contribution >= 0.6 is 0 Å². The van der Waals surface area contributed by atoms with Gasteiger partial charge >= 0.3 is 5.97 Å². The molecule has 3 nitrogen and oxygen atoms in total. The molecule has 0 fully saturated rings. The van der Waals surface area contributed by atoms with E-state index >= 15 is 0 Å². The summed E-state index contributed by atoms with van der Waals surface area (Å²) in [5.41, 5.74) is 0.473. The van der Waals surface area contributed by atoms with Crippen molar-refractivity contribution in [1.29, 1.82) is 0 Å². The molecule has 0 saturated carbocycles. The normalized spacial score (nSPS) is 10.2. The topological polar surface area (TPSA) is 35.5 Å². The van der Waals surface area contributed by atoms with Gasteiger partial charge < -0.3 is 9.47 Å². The molecule has 0 heterocycles. The van der Waals surface area contributed by atoms with E-state index in [4.69, 9.17) is 9.47 Å². The lowest BCUT2D eigenvalue weighted by Crippen LogP contribution is -2.06. The van der Waals surface area contributed by atoms with E-state index in [1.807, 2.05) is 6.92 Å². The zero-order valence-corrected chi connectivity index (χ0v) is 11.3. The van der Waals surface area contributed by atoms with Crippen LogP contribution in [0.2, 0.25) is 0 Å². The summed E-state index contributed by atoms with van der Waals surface area (Å²) in [6.45, 7) is 9.43. The predicted octanol–water partition coefficient (Wildman–Crippen LogP) is 3.48. The van der Waals surface area contributed by atoms with E-state index in [9.17, 15) is 4.79 Å². The fourth-order valence-electron chi connectivity index (χ4n) is 1.45. The molecule has 0 radical (unpaired) electrons. The second-order valence-electron chi connectivity index (χ2n) is 4.23. The lowest BCUT2D eigenvalue weighted by atomic mass is 10.1. The van der Waals surface area contributed by atoms with Crippen molar-refractivity contribution in [3.05, 3.63) is 12.2 Å². The zero-order valence-electron chi connectivity index (χ0n) is 11.3. The first-order chi connectivity index (χ1) is 8.18. The molecule has 100 valence electrons. The highest BCUT2D eigenvalue weighted by molar-refractivity contribution is 5.86. The Kier molecular flexibility index (Phi) is 11.1. The van der Waals surface area contributed by atoms with E-state index in [0.29, 0.717) is 12.2 Å². The molecule has 0 amide bonds. The first-order valence-corrected chi connectivity index (χ1v) is 6.58. The SMILES string of the molecule is C=C(C)C(=O)OCCCCCCCCOCC. The quantitative estimate of drug-likeness (QED) is 0.316. The van der Waals surface area contributed by atoms with Crippen molar-refractivity contribution >= 4 is 5.97 Å². The molecule has 0 aliphatic rings. The van der Waals surface area contributed by atoms with Crippen LogP contribution in [-0.4, -0.2) is 25.8 Å². The van der Waals surface area contributed by atoms with Gasteiger partial charge in [0.2, 0.25) is 0 Å². The van der Waals surface area contributed by atoms with Gasteiger partial charge in [-0.3, -0.25) is 0 Å². The molecule has 0 aromatic rings. The number of unbranched alkanes of at least 4 members (excludes halogenated alkanes) is 5. The number of carbonyl (C=O) groups is 1. The Morgan fingerprint density at radius 3 is 2.06 bits per heavy atom. The molecule has 0 aromatic heterocycles. The summed E-state index contributed by atoms with van der Waals surface area (Å²) in [6.07, 6.45) is 6.89. The first kappa shape index (κ1) is 16.2. The minimum atomic E-state index is -0.276. The Morgan fingerprint density at radius 1 is 1.00 bits per heavy atom. The van der Waals surface area contributed by atoms with Crippen LogP contribution in [0.4, 0.5) is 0 Å². The third kappa shape index (κ3) is 11.4. The van der Waals surface area contributed by atoms with Crippen molar-refractivity contribution in [2.75, 3.05) is 19.8 Å². The van der Waals surface area contributed by atoms with Crippen LogP contribution in [-0.2, 0) is 14.3 Å². The molecule has 0 rings (SSSR count). The Bertz CT molecular complexity index is 212. The van der Waals surface area contributed by atoms with Gasteiger partial charge in [-0.15, -0.1) is 0 Å². The molecule has 17 heavy (non-hydrogen) atoms. The van der Waals surface area contributed by atoms with E-state index in [0.717, 1.165) is 32.5 Å². The number of hydrogen-bond donors (Lipinski definition) is 0. The third-order valence-electron chi connectivity index (χ3n) is 2.47. The average molecular weight is 242 g/mol. The maximum absolute atomic E-state index is 11.0. The molecule has 0 aromatic carbocycles. The molecule has 0 N–H and O–H groups in total. The van der Waals surface area contributed by atoms with Crippen LogP contribution in [0.25, 0.3) is 0 Å². The van der Waals surface area contributed by atoms with Crippen LogP contribution in [0, 0.1) is 0 Å². The lowest BCUT2D eigenvalue weighted by Gasteiger charge is -2.04. The molecule has 0 atom stereocenters. The third-order valence-corrected chi connectivity index (χ3v) is 2.47. The first-order valence-electron chi connectivity index (χ1n) is 6.58. The number of esters is 1. The van der Waals surface area contributed by atoms with Gasteiger partial charge in [0.25, 0.3) is 0 Å². The highest BCUT2D eigenvalue weighted by atomic mass is 16.5. The molecule has 3 heteroatoms. The summed E-state index contributed by atoms with van der Waals surface area (Å²) >= 11 is 0. The largest absolute Gasteiger partial charge is 0.462 e. The summed E-state index contributed by atoms with van der Waals surface area (Å²) in [7, 11) is 0. The average Bonchev–Trinajstić information content (AvgIpc) is 2.31. The van der Waals surface area contributed by atoms with Crippen molar-refractivity contribution in [2.45, 2.75) is 52.4 Å². The van der Waals surface area contributed by atoms with Crippen molar-refractivity contribution in [3.63, 3.8) is 0 Å². The van der Waals surface area contributed by atoms with Crippen LogP contribution < -0.4 is 0 Å². The molecular weight excluding hydrogens is 216 g/mol. The van der Waals surface area contributed by atoms with Crippen LogP contribution in [0.15, 0.2) is 12.2 Å². The molecule has 0 aliphatic heterocycles. The van der Waals surface area contributed by atoms with Gasteiger partial charge in [-0.2, -0.15) is 0 Å². The minimum absolute atomic E-state index is 0.276. The highest BCUT2D eigenvalue weighted by Gasteiger charge is 2.01. The second-order valence-corrected chi connectivity index (χ2v) is 4.23. The van der Waals surface area contributed by atoms with Crippen LogP contribution in [0.1, 0.15) is 52.4 Å². The fourth-order valence-corrected chi connectivity index (χ4v) is 1.45. The summed E-state index contributed by atoms with van der Waals surface area (Å²) < 4.78 is 10.3. The Morgan fingerprint density at radius 2 is 1.53 bits per heavy atom. The van der Waals surface area contributed by atoms with Gasteiger partial charge in [-0.25, -0.2) is 4.79 Å². The molecular formula is C14H26O3. The van der Waals surface area contributed by atoms with Gasteiger partial charge in [0.05, 0.1) is 6.61 Å². The summed E-state index contributed by atoms with van der Waals surface area (Å²) in [6, 6.07) is 0. The van der Waals surface area contributed by atoms with Crippen LogP contribution in [0.3, 0.4) is 0 Å². The molecule has 0 unspecified atom stereocenters. The zero-order chi connectivity index (χ0) is 12.9. The predicted molar refractivity (Wildman–Crippen MR) is 70.0 cm³/mol. The maximum Gasteiger partial charge on any atom is 0.333 e. The molecule has 0 saturated heterocycles. The van der Waals surface area contributed by atoms with E-state index in [2.05, 4.69) is 6.58 Å². The minimum Gasteiger partial charge on any atom is -0.462 e. The van der Waals surface area contributed by atoms with Gasteiger partial charge in [0.15, 0.2) is 0 Å². The maximum atomic E-state index is 11.0. The van der Waals surface area contributed by atoms with Crippen molar-refractivity contribution < 1.29 is 14.3 Å². The van der Waals surface area contributed by atoms with E-state index in [1.165, 1.54) is 19.3 Å². The second kappa shape index (κ2) is 11.6. The fraction of sp³-hybridized carbons (Fsp3) is 0.786. The summed E-state index contributed by atoms with van der Waals surface area (Å²) in [5, 5.41) is 0. The number of rotatable bonds is 11. The molecule has 0 bridgehead atoms. The smallest absolute Gasteiger partial charge is 0.333 e. The standard InChI is InChI=1S/C14H26O3/c1-4-16-11-9-7-5-6-8-10-12-17-14(15)13(2)3/h2,4-12H2,1,3H3. The number of carbonyl (C=O) groups excluding carboxylic acids is 1. The highest BCUT2D eigenvalue weighted by Crippen LogP contribution is 2.06. The molecule has 0 spiro atoms. The van der Waals surface area contributed by atoms with Crippen molar-refractivity contribution in [2.24, 2.45) is 0 Å².